The van der Waals surface area contributed by atoms with Crippen LogP contribution in [0.4, 0.5) is 0 Å². The fourth-order valence-corrected chi connectivity index (χ4v) is 8.19. The summed E-state index contributed by atoms with van der Waals surface area (Å²) in [5, 5.41) is 0. The van der Waals surface area contributed by atoms with Gasteiger partial charge in [0.25, 0.3) is 0 Å². The van der Waals surface area contributed by atoms with Crippen molar-refractivity contribution in [3.05, 3.63) is 136 Å². The molecule has 0 N–H and O–H groups in total. The molecule has 2 fully saturated rings. The Balaban J connectivity index is 1.31. The largest absolute Gasteiger partial charge is 0.423 e. The normalized spacial score (nSPS) is 19.3. The summed E-state index contributed by atoms with van der Waals surface area (Å²) in [6, 6.07) is 35.3. The predicted octanol–water partition coefficient (Wildman–Crippen LogP) is 11.2. The van der Waals surface area contributed by atoms with Gasteiger partial charge in [0, 0.05) is 5.41 Å². The van der Waals surface area contributed by atoms with E-state index in [2.05, 4.69) is 93.6 Å². The van der Waals surface area contributed by atoms with Gasteiger partial charge in [0.15, 0.2) is 0 Å². The third kappa shape index (κ3) is 6.67. The number of benzene rings is 4. The van der Waals surface area contributed by atoms with E-state index in [1.54, 1.807) is 0 Å². The van der Waals surface area contributed by atoms with E-state index in [4.69, 9.17) is 4.74 Å². The minimum Gasteiger partial charge on any atom is -0.423 e. The molecule has 45 heavy (non-hydrogen) atoms. The van der Waals surface area contributed by atoms with Crippen molar-refractivity contribution in [2.24, 2.45) is 11.8 Å². The lowest BCUT2D eigenvalue weighted by atomic mass is 9.58. The second-order valence-corrected chi connectivity index (χ2v) is 13.7. The lowest BCUT2D eigenvalue weighted by Gasteiger charge is -2.45. The SMILES string of the molecule is CCc1ccc(C(c2ccc(CC)cc2)(c2ccc(OC(=O)c3ccc(C4CCC(C)CC4)cc3)cc2)C2CCCCC2)cc1. The number of hydrogen-bond acceptors (Lipinski definition) is 2. The van der Waals surface area contributed by atoms with E-state index >= 15 is 0 Å². The summed E-state index contributed by atoms with van der Waals surface area (Å²) in [5.41, 5.74) is 8.39. The minimum atomic E-state index is -0.296. The van der Waals surface area contributed by atoms with Crippen LogP contribution in [0.25, 0.3) is 0 Å². The van der Waals surface area contributed by atoms with Crippen LogP contribution >= 0.6 is 0 Å². The van der Waals surface area contributed by atoms with Crippen molar-refractivity contribution in [2.75, 3.05) is 0 Å². The summed E-state index contributed by atoms with van der Waals surface area (Å²) in [4.78, 5) is 13.2. The Morgan fingerprint density at radius 3 is 1.60 bits per heavy atom. The van der Waals surface area contributed by atoms with Gasteiger partial charge >= 0.3 is 5.97 Å². The van der Waals surface area contributed by atoms with Gasteiger partial charge in [-0.3, -0.25) is 0 Å². The number of carbonyl (C=O) groups is 1. The first-order valence-electron chi connectivity index (χ1n) is 17.6. The molecule has 0 atom stereocenters. The van der Waals surface area contributed by atoms with Crippen LogP contribution in [0.3, 0.4) is 0 Å². The Hall–Kier alpha value is -3.65. The van der Waals surface area contributed by atoms with Gasteiger partial charge in [0.05, 0.1) is 5.56 Å². The highest BCUT2D eigenvalue weighted by Gasteiger charge is 2.44. The fourth-order valence-electron chi connectivity index (χ4n) is 8.19. The molecule has 0 unspecified atom stereocenters. The van der Waals surface area contributed by atoms with Gasteiger partial charge in [-0.15, -0.1) is 0 Å². The standard InChI is InChI=1S/C43H50O2/c1-4-32-13-23-38(24-14-32)43(37-9-7-6-8-10-37,39-25-15-33(5-2)16-26-39)40-27-29-41(30-28-40)45-42(44)36-21-19-35(20-22-36)34-17-11-31(3)12-18-34/h13-16,19-31,34,37H,4-12,17-18H2,1-3H3. The molecule has 0 radical (unpaired) electrons. The summed E-state index contributed by atoms with van der Waals surface area (Å²) in [7, 11) is 0. The molecule has 2 saturated carbocycles. The molecule has 0 aliphatic heterocycles. The van der Waals surface area contributed by atoms with E-state index in [9.17, 15) is 4.79 Å². The van der Waals surface area contributed by atoms with Crippen molar-refractivity contribution >= 4 is 5.97 Å². The Bertz CT molecular complexity index is 1470. The number of rotatable bonds is 9. The first-order chi connectivity index (χ1) is 22.0. The van der Waals surface area contributed by atoms with Gasteiger partial charge in [0.1, 0.15) is 5.75 Å². The van der Waals surface area contributed by atoms with E-state index in [0.717, 1.165) is 18.8 Å². The van der Waals surface area contributed by atoms with E-state index in [1.807, 2.05) is 24.3 Å². The summed E-state index contributed by atoms with van der Waals surface area (Å²) < 4.78 is 5.95. The maximum Gasteiger partial charge on any atom is 0.343 e. The minimum absolute atomic E-state index is 0.270. The first-order valence-corrected chi connectivity index (χ1v) is 17.6. The molecule has 2 aliphatic rings. The van der Waals surface area contributed by atoms with Crippen LogP contribution in [0.2, 0.25) is 0 Å². The van der Waals surface area contributed by atoms with Crippen molar-refractivity contribution in [2.45, 2.75) is 103 Å². The Morgan fingerprint density at radius 2 is 1.11 bits per heavy atom. The van der Waals surface area contributed by atoms with Crippen LogP contribution in [-0.4, -0.2) is 5.97 Å². The van der Waals surface area contributed by atoms with Gasteiger partial charge in [0.2, 0.25) is 0 Å². The zero-order chi connectivity index (χ0) is 31.2. The van der Waals surface area contributed by atoms with Gasteiger partial charge in [-0.1, -0.05) is 126 Å². The average Bonchev–Trinajstić information content (AvgIpc) is 3.11. The summed E-state index contributed by atoms with van der Waals surface area (Å²) in [6.45, 7) is 6.79. The highest BCUT2D eigenvalue weighted by Crippen LogP contribution is 2.51. The average molecular weight is 599 g/mol. The molecule has 0 aromatic heterocycles. The third-order valence-corrected chi connectivity index (χ3v) is 11.0. The van der Waals surface area contributed by atoms with Crippen LogP contribution in [0.15, 0.2) is 97.1 Å². The zero-order valence-electron chi connectivity index (χ0n) is 27.6. The van der Waals surface area contributed by atoms with Crippen molar-refractivity contribution in [1.29, 1.82) is 0 Å². The van der Waals surface area contributed by atoms with E-state index in [0.29, 0.717) is 23.1 Å². The van der Waals surface area contributed by atoms with Crippen molar-refractivity contribution in [3.63, 3.8) is 0 Å². The highest BCUT2D eigenvalue weighted by molar-refractivity contribution is 5.91. The number of hydrogen-bond donors (Lipinski definition) is 0. The molecule has 0 heterocycles. The summed E-state index contributed by atoms with van der Waals surface area (Å²) >= 11 is 0. The third-order valence-electron chi connectivity index (χ3n) is 11.0. The molecule has 2 nitrogen and oxygen atoms in total. The molecule has 4 aromatic carbocycles. The molecular formula is C43H50O2. The quantitative estimate of drug-likeness (QED) is 0.109. The lowest BCUT2D eigenvalue weighted by molar-refractivity contribution is 0.0734. The maximum absolute atomic E-state index is 13.2. The first kappa shape index (κ1) is 31.3. The van der Waals surface area contributed by atoms with E-state index < -0.39 is 0 Å². The number of esters is 1. The molecule has 0 saturated heterocycles. The van der Waals surface area contributed by atoms with Crippen LogP contribution in [0.5, 0.6) is 5.75 Å². The van der Waals surface area contributed by atoms with E-state index in [-0.39, 0.29) is 11.4 Å². The molecule has 2 heteroatoms. The van der Waals surface area contributed by atoms with Crippen molar-refractivity contribution in [1.82, 2.24) is 0 Å². The zero-order valence-corrected chi connectivity index (χ0v) is 27.6. The monoisotopic (exact) mass is 598 g/mol. The van der Waals surface area contributed by atoms with Gasteiger partial charge in [-0.05, 0) is 114 Å². The molecule has 0 amide bonds. The van der Waals surface area contributed by atoms with Crippen molar-refractivity contribution < 1.29 is 9.53 Å². The smallest absolute Gasteiger partial charge is 0.343 e. The van der Waals surface area contributed by atoms with Crippen LogP contribution in [0, 0.1) is 11.8 Å². The number of ether oxygens (including phenoxy) is 1. The fraction of sp³-hybridized carbons (Fsp3) is 0.419. The number of carbonyl (C=O) groups excluding carboxylic acids is 1. The molecule has 4 aromatic rings. The van der Waals surface area contributed by atoms with Gasteiger partial charge < -0.3 is 4.74 Å². The molecular weight excluding hydrogens is 548 g/mol. The molecule has 0 spiro atoms. The second-order valence-electron chi connectivity index (χ2n) is 13.7. The predicted molar refractivity (Wildman–Crippen MR) is 186 cm³/mol. The molecule has 234 valence electrons. The lowest BCUT2D eigenvalue weighted by Crippen LogP contribution is -2.39. The summed E-state index contributed by atoms with van der Waals surface area (Å²) in [6.07, 6.45) is 13.4. The topological polar surface area (TPSA) is 26.3 Å². The van der Waals surface area contributed by atoms with Crippen LogP contribution in [0.1, 0.15) is 128 Å². The Kier molecular flexibility index (Phi) is 9.88. The van der Waals surface area contributed by atoms with Crippen molar-refractivity contribution in [3.8, 4) is 5.75 Å². The Labute approximate surface area is 271 Å². The van der Waals surface area contributed by atoms with Crippen LogP contribution in [-0.2, 0) is 18.3 Å². The van der Waals surface area contributed by atoms with E-state index in [1.165, 1.54) is 91.2 Å². The molecule has 0 bridgehead atoms. The maximum atomic E-state index is 13.2. The molecule has 6 rings (SSSR count). The Morgan fingerprint density at radius 1 is 0.622 bits per heavy atom. The van der Waals surface area contributed by atoms with Crippen LogP contribution < -0.4 is 4.74 Å². The second kappa shape index (κ2) is 14.2. The highest BCUT2D eigenvalue weighted by atomic mass is 16.5. The summed E-state index contributed by atoms with van der Waals surface area (Å²) in [5.74, 6) is 2.23. The van der Waals surface area contributed by atoms with Gasteiger partial charge in [-0.2, -0.15) is 0 Å². The number of aryl methyl sites for hydroxylation is 2. The van der Waals surface area contributed by atoms with Gasteiger partial charge in [-0.25, -0.2) is 4.79 Å². The molecule has 2 aliphatic carbocycles.